The summed E-state index contributed by atoms with van der Waals surface area (Å²) in [7, 11) is 0. The topological polar surface area (TPSA) is 38.8 Å². The third kappa shape index (κ3) is 1.33. The molecule has 0 unspecified atom stereocenters. The monoisotopic (exact) mass is 304 g/mol. The van der Waals surface area contributed by atoms with Crippen molar-refractivity contribution in [2.45, 2.75) is 83.5 Å². The number of hydrogen-bond acceptors (Lipinski definition) is 3. The van der Waals surface area contributed by atoms with E-state index in [4.69, 9.17) is 9.47 Å². The lowest BCUT2D eigenvalue weighted by atomic mass is 9.44. The van der Waals surface area contributed by atoms with Crippen molar-refractivity contribution in [3.63, 3.8) is 0 Å². The van der Waals surface area contributed by atoms with Crippen molar-refractivity contribution in [2.75, 3.05) is 0 Å². The van der Waals surface area contributed by atoms with E-state index in [-0.39, 0.29) is 22.6 Å². The molecule has 0 aromatic heterocycles. The van der Waals surface area contributed by atoms with Crippen LogP contribution in [-0.4, -0.2) is 23.3 Å². The van der Waals surface area contributed by atoms with E-state index in [0.717, 1.165) is 5.92 Å². The smallest absolute Gasteiger partial charge is 0.306 e. The second-order valence-corrected chi connectivity index (χ2v) is 9.80. The molecule has 2 bridgehead atoms. The number of fused-ring (bicyclic) bond motifs is 5. The molecule has 3 nitrogen and oxygen atoms in total. The Labute approximate surface area is 133 Å². The molecule has 3 aliphatic carbocycles. The van der Waals surface area contributed by atoms with E-state index in [1.54, 1.807) is 0 Å². The molecule has 2 aliphatic heterocycles. The van der Waals surface area contributed by atoms with Crippen molar-refractivity contribution in [2.24, 2.45) is 28.6 Å². The number of cyclic esters (lactones) is 1. The van der Waals surface area contributed by atoms with Crippen LogP contribution in [0.15, 0.2) is 0 Å². The molecule has 7 atom stereocenters. The fourth-order valence-electron chi connectivity index (χ4n) is 7.83. The Balaban J connectivity index is 1.60. The van der Waals surface area contributed by atoms with Crippen molar-refractivity contribution in [3.8, 4) is 0 Å². The molecule has 3 heteroatoms. The van der Waals surface area contributed by atoms with Gasteiger partial charge in [-0.2, -0.15) is 0 Å². The second-order valence-electron chi connectivity index (χ2n) is 9.80. The third-order valence-electron chi connectivity index (χ3n) is 8.52. The van der Waals surface area contributed by atoms with Gasteiger partial charge < -0.3 is 9.47 Å². The quantitative estimate of drug-likeness (QED) is 0.506. The average Bonchev–Trinajstić information content (AvgIpc) is 3.06. The lowest BCUT2D eigenvalue weighted by Gasteiger charge is -2.62. The van der Waals surface area contributed by atoms with Crippen LogP contribution in [0.5, 0.6) is 0 Å². The SMILES string of the molecule is CC1(C)OC(=O)C[C@]2(C)[C@@H]1CC[C@@]13C[C@@H](CC[C@@H]21)[C@]1(C)O[C@H]31. The average molecular weight is 304 g/mol. The minimum absolute atomic E-state index is 0.0143. The van der Waals surface area contributed by atoms with E-state index in [9.17, 15) is 4.79 Å². The molecule has 5 rings (SSSR count). The van der Waals surface area contributed by atoms with Gasteiger partial charge in [0, 0.05) is 11.3 Å². The fraction of sp³-hybridized carbons (Fsp3) is 0.947. The zero-order chi connectivity index (χ0) is 15.5. The minimum atomic E-state index is -0.311. The predicted octanol–water partition coefficient (Wildman–Crippen LogP) is 3.70. The standard InChI is InChI=1S/C19H28O3/c1-16(2)12-7-8-19-9-11(18(4)15(19)22-18)5-6-13(19)17(12,3)10-14(20)21-16/h11-13,15H,5-10H2,1-4H3/t11-,12-,13+,15+,17-,18+,19-/m1/s1. The molecule has 0 aromatic carbocycles. The molecule has 122 valence electrons. The van der Waals surface area contributed by atoms with Crippen LogP contribution in [0.4, 0.5) is 0 Å². The minimum Gasteiger partial charge on any atom is -0.459 e. The molecular weight excluding hydrogens is 276 g/mol. The number of esters is 1. The molecule has 5 aliphatic rings. The fourth-order valence-corrected chi connectivity index (χ4v) is 7.83. The Hall–Kier alpha value is -0.570. The van der Waals surface area contributed by atoms with Gasteiger partial charge in [-0.15, -0.1) is 0 Å². The molecule has 0 aromatic rings. The molecule has 3 saturated carbocycles. The van der Waals surface area contributed by atoms with Gasteiger partial charge in [0.15, 0.2) is 0 Å². The van der Waals surface area contributed by atoms with Crippen LogP contribution in [0.1, 0.15) is 66.2 Å². The summed E-state index contributed by atoms with van der Waals surface area (Å²) in [4.78, 5) is 12.3. The zero-order valence-electron chi connectivity index (χ0n) is 14.3. The molecular formula is C19H28O3. The largest absolute Gasteiger partial charge is 0.459 e. The predicted molar refractivity (Wildman–Crippen MR) is 82.2 cm³/mol. The highest BCUT2D eigenvalue weighted by Gasteiger charge is 2.79. The van der Waals surface area contributed by atoms with Crippen LogP contribution < -0.4 is 0 Å². The molecule has 1 spiro atoms. The molecule has 22 heavy (non-hydrogen) atoms. The van der Waals surface area contributed by atoms with E-state index in [0.29, 0.717) is 29.8 Å². The van der Waals surface area contributed by atoms with Crippen molar-refractivity contribution in [1.29, 1.82) is 0 Å². The number of carbonyl (C=O) groups is 1. The molecule has 2 saturated heterocycles. The maximum atomic E-state index is 12.3. The van der Waals surface area contributed by atoms with Gasteiger partial charge in [0.25, 0.3) is 0 Å². The van der Waals surface area contributed by atoms with Gasteiger partial charge in [0.1, 0.15) is 5.60 Å². The van der Waals surface area contributed by atoms with Gasteiger partial charge >= 0.3 is 5.97 Å². The number of carbonyl (C=O) groups excluding carboxylic acids is 1. The Morgan fingerprint density at radius 3 is 2.59 bits per heavy atom. The van der Waals surface area contributed by atoms with Gasteiger partial charge in [-0.05, 0) is 70.1 Å². The molecule has 2 heterocycles. The first kappa shape index (κ1) is 13.8. The number of ether oxygens (including phenoxy) is 2. The van der Waals surface area contributed by atoms with Crippen LogP contribution in [-0.2, 0) is 14.3 Å². The summed E-state index contributed by atoms with van der Waals surface area (Å²) in [6, 6.07) is 0. The number of rotatable bonds is 0. The summed E-state index contributed by atoms with van der Waals surface area (Å²) in [5.74, 6) is 1.91. The molecule has 0 radical (unpaired) electrons. The highest BCUT2D eigenvalue weighted by Crippen LogP contribution is 2.77. The Bertz CT molecular complexity index is 569. The maximum Gasteiger partial charge on any atom is 0.306 e. The lowest BCUT2D eigenvalue weighted by molar-refractivity contribution is -0.221. The van der Waals surface area contributed by atoms with E-state index < -0.39 is 0 Å². The van der Waals surface area contributed by atoms with Crippen LogP contribution in [0.2, 0.25) is 0 Å². The van der Waals surface area contributed by atoms with Crippen molar-refractivity contribution < 1.29 is 14.3 Å². The highest BCUT2D eigenvalue weighted by molar-refractivity contribution is 5.72. The summed E-state index contributed by atoms with van der Waals surface area (Å²) in [6.07, 6.45) is 7.47. The van der Waals surface area contributed by atoms with Crippen LogP contribution >= 0.6 is 0 Å². The molecule has 5 fully saturated rings. The summed E-state index contributed by atoms with van der Waals surface area (Å²) in [5, 5.41) is 0. The maximum absolute atomic E-state index is 12.3. The summed E-state index contributed by atoms with van der Waals surface area (Å²) in [5.41, 5.74) is 0.313. The Morgan fingerprint density at radius 1 is 1.05 bits per heavy atom. The van der Waals surface area contributed by atoms with Gasteiger partial charge in [-0.1, -0.05) is 6.92 Å². The summed E-state index contributed by atoms with van der Waals surface area (Å²) in [6.45, 7) is 8.99. The van der Waals surface area contributed by atoms with Gasteiger partial charge in [0.05, 0.1) is 18.1 Å². The third-order valence-corrected chi connectivity index (χ3v) is 8.52. The van der Waals surface area contributed by atoms with Crippen LogP contribution in [0.3, 0.4) is 0 Å². The summed E-state index contributed by atoms with van der Waals surface area (Å²) < 4.78 is 12.0. The first-order valence-corrected chi connectivity index (χ1v) is 9.12. The summed E-state index contributed by atoms with van der Waals surface area (Å²) >= 11 is 0. The van der Waals surface area contributed by atoms with Crippen LogP contribution in [0, 0.1) is 28.6 Å². The first-order valence-electron chi connectivity index (χ1n) is 9.12. The van der Waals surface area contributed by atoms with E-state index in [2.05, 4.69) is 27.7 Å². The highest BCUT2D eigenvalue weighted by atomic mass is 16.6. The Morgan fingerprint density at radius 2 is 1.82 bits per heavy atom. The van der Waals surface area contributed by atoms with Crippen molar-refractivity contribution >= 4 is 5.97 Å². The van der Waals surface area contributed by atoms with E-state index in [1.807, 2.05) is 0 Å². The molecule has 0 amide bonds. The van der Waals surface area contributed by atoms with Gasteiger partial charge in [-0.25, -0.2) is 0 Å². The second kappa shape index (κ2) is 3.58. The number of epoxide rings is 1. The van der Waals surface area contributed by atoms with Crippen molar-refractivity contribution in [1.82, 2.24) is 0 Å². The van der Waals surface area contributed by atoms with Crippen molar-refractivity contribution in [3.05, 3.63) is 0 Å². The normalized spacial score (nSPS) is 60.8. The van der Waals surface area contributed by atoms with Crippen LogP contribution in [0.25, 0.3) is 0 Å². The number of hydrogen-bond donors (Lipinski definition) is 0. The lowest BCUT2D eigenvalue weighted by Crippen LogP contribution is -2.61. The van der Waals surface area contributed by atoms with E-state index in [1.165, 1.54) is 32.1 Å². The zero-order valence-corrected chi connectivity index (χ0v) is 14.3. The Kier molecular flexibility index (Phi) is 2.25. The van der Waals surface area contributed by atoms with Gasteiger partial charge in [0.2, 0.25) is 0 Å². The van der Waals surface area contributed by atoms with E-state index >= 15 is 0 Å². The first-order chi connectivity index (χ1) is 10.2. The van der Waals surface area contributed by atoms with Gasteiger partial charge in [-0.3, -0.25) is 4.79 Å². The molecule has 0 N–H and O–H groups in total.